The van der Waals surface area contributed by atoms with Crippen LogP contribution in [-0.4, -0.2) is 37.1 Å². The zero-order valence-electron chi connectivity index (χ0n) is 16.8. The Balaban J connectivity index is 1.52. The molecule has 0 saturated carbocycles. The second-order valence-electron chi connectivity index (χ2n) is 7.21. The fourth-order valence-corrected chi connectivity index (χ4v) is 3.48. The molecule has 3 rings (SSSR count). The molecule has 0 unspecified atom stereocenters. The normalized spacial score (nSPS) is 15.2. The summed E-state index contributed by atoms with van der Waals surface area (Å²) in [6, 6.07) is 15.7. The predicted molar refractivity (Wildman–Crippen MR) is 111 cm³/mol. The summed E-state index contributed by atoms with van der Waals surface area (Å²) in [5, 5.41) is 3.01. The van der Waals surface area contributed by atoms with E-state index in [1.807, 2.05) is 31.2 Å². The van der Waals surface area contributed by atoms with Crippen LogP contribution in [0.3, 0.4) is 0 Å². The van der Waals surface area contributed by atoms with Gasteiger partial charge < -0.3 is 14.8 Å². The number of amides is 1. The number of ether oxygens (including phenoxy) is 2. The molecule has 1 aliphatic heterocycles. The van der Waals surface area contributed by atoms with Crippen molar-refractivity contribution in [1.29, 1.82) is 0 Å². The number of methoxy groups -OCH3 is 1. The van der Waals surface area contributed by atoms with Gasteiger partial charge in [-0.3, -0.25) is 9.69 Å². The van der Waals surface area contributed by atoms with Crippen LogP contribution >= 0.6 is 0 Å². The first-order valence-corrected chi connectivity index (χ1v) is 10.1. The molecular weight excluding hydrogens is 352 g/mol. The molecule has 1 aliphatic rings. The lowest BCUT2D eigenvalue weighted by Crippen LogP contribution is -2.37. The Labute approximate surface area is 167 Å². The number of carbonyl (C=O) groups is 1. The zero-order chi connectivity index (χ0) is 19.8. The van der Waals surface area contributed by atoms with Crippen LogP contribution in [0.5, 0.6) is 11.5 Å². The van der Waals surface area contributed by atoms with Crippen molar-refractivity contribution in [3.63, 3.8) is 0 Å². The number of rotatable bonds is 9. The maximum Gasteiger partial charge on any atom is 0.261 e. The van der Waals surface area contributed by atoms with Crippen LogP contribution in [0.15, 0.2) is 48.5 Å². The summed E-state index contributed by atoms with van der Waals surface area (Å²) in [5.74, 6) is 1.33. The topological polar surface area (TPSA) is 50.8 Å². The summed E-state index contributed by atoms with van der Waals surface area (Å²) in [5.41, 5.74) is 2.42. The molecule has 0 bridgehead atoms. The zero-order valence-corrected chi connectivity index (χ0v) is 16.8. The van der Waals surface area contributed by atoms with Crippen LogP contribution < -0.4 is 14.8 Å². The van der Waals surface area contributed by atoms with Gasteiger partial charge in [-0.05, 0) is 67.7 Å². The molecule has 5 heteroatoms. The van der Waals surface area contributed by atoms with Crippen molar-refractivity contribution in [2.24, 2.45) is 0 Å². The number of benzene rings is 2. The molecule has 28 heavy (non-hydrogen) atoms. The number of hydrogen-bond donors (Lipinski definition) is 1. The van der Waals surface area contributed by atoms with Crippen molar-refractivity contribution < 1.29 is 14.3 Å². The lowest BCUT2D eigenvalue weighted by molar-refractivity contribution is -0.128. The fourth-order valence-electron chi connectivity index (χ4n) is 3.48. The largest absolute Gasteiger partial charge is 0.497 e. The highest BCUT2D eigenvalue weighted by Gasteiger charge is 2.18. The standard InChI is InChI=1S/C23H30N2O3/c1-3-22(28-21-11-9-20(27-2)10-12-21)23(26)24-16-18-7-6-8-19(15-18)17-25-13-4-5-14-25/h6-12,15,22H,3-5,13-14,16-17H2,1-2H3,(H,24,26)/t22-/m1/s1. The average Bonchev–Trinajstić information content (AvgIpc) is 3.24. The minimum Gasteiger partial charge on any atom is -0.497 e. The Morgan fingerprint density at radius 2 is 1.75 bits per heavy atom. The summed E-state index contributed by atoms with van der Waals surface area (Å²) in [6.45, 7) is 5.81. The van der Waals surface area contributed by atoms with Gasteiger partial charge in [0.1, 0.15) is 11.5 Å². The SMILES string of the molecule is CC[C@@H](Oc1ccc(OC)cc1)C(=O)NCc1cccc(CN2CCCC2)c1. The second-order valence-corrected chi connectivity index (χ2v) is 7.21. The van der Waals surface area contributed by atoms with Gasteiger partial charge in [0.15, 0.2) is 6.10 Å². The number of carbonyl (C=O) groups excluding carboxylic acids is 1. The molecule has 1 heterocycles. The van der Waals surface area contributed by atoms with Crippen LogP contribution in [0, 0.1) is 0 Å². The van der Waals surface area contributed by atoms with E-state index in [2.05, 4.69) is 34.5 Å². The molecule has 1 fully saturated rings. The third-order valence-corrected chi connectivity index (χ3v) is 5.06. The Morgan fingerprint density at radius 1 is 1.07 bits per heavy atom. The van der Waals surface area contributed by atoms with Gasteiger partial charge in [0.05, 0.1) is 7.11 Å². The van der Waals surface area contributed by atoms with Crippen LogP contribution in [0.2, 0.25) is 0 Å². The van der Waals surface area contributed by atoms with E-state index in [9.17, 15) is 4.79 Å². The summed E-state index contributed by atoms with van der Waals surface area (Å²) in [7, 11) is 1.62. The molecule has 1 N–H and O–H groups in total. The second kappa shape index (κ2) is 10.1. The van der Waals surface area contributed by atoms with Crippen molar-refractivity contribution in [3.05, 3.63) is 59.7 Å². The van der Waals surface area contributed by atoms with Crippen molar-refractivity contribution in [2.75, 3.05) is 20.2 Å². The molecule has 0 aliphatic carbocycles. The molecule has 0 radical (unpaired) electrons. The molecule has 0 aromatic heterocycles. The Bertz CT molecular complexity index is 755. The van der Waals surface area contributed by atoms with E-state index in [0.29, 0.717) is 18.7 Å². The monoisotopic (exact) mass is 382 g/mol. The number of nitrogens with zero attached hydrogens (tertiary/aromatic N) is 1. The summed E-state index contributed by atoms with van der Waals surface area (Å²) >= 11 is 0. The molecule has 150 valence electrons. The summed E-state index contributed by atoms with van der Waals surface area (Å²) < 4.78 is 11.0. The van der Waals surface area contributed by atoms with Gasteiger partial charge in [-0.25, -0.2) is 0 Å². The molecule has 2 aromatic carbocycles. The quantitative estimate of drug-likeness (QED) is 0.717. The maximum absolute atomic E-state index is 12.6. The molecule has 0 spiro atoms. The Kier molecular flexibility index (Phi) is 7.31. The van der Waals surface area contributed by atoms with Crippen LogP contribution in [0.4, 0.5) is 0 Å². The lowest BCUT2D eigenvalue weighted by Gasteiger charge is -2.18. The highest BCUT2D eigenvalue weighted by molar-refractivity contribution is 5.81. The Hall–Kier alpha value is -2.53. The number of likely N-dealkylation sites (tertiary alicyclic amines) is 1. The van der Waals surface area contributed by atoms with E-state index in [1.165, 1.54) is 31.5 Å². The minimum absolute atomic E-state index is 0.0942. The fraction of sp³-hybridized carbons (Fsp3) is 0.435. The van der Waals surface area contributed by atoms with Gasteiger partial charge in [0.2, 0.25) is 0 Å². The first-order chi connectivity index (χ1) is 13.7. The third kappa shape index (κ3) is 5.73. The summed E-state index contributed by atoms with van der Waals surface area (Å²) in [6.07, 6.45) is 2.68. The highest BCUT2D eigenvalue weighted by atomic mass is 16.5. The number of nitrogens with one attached hydrogen (secondary N) is 1. The van der Waals surface area contributed by atoms with Crippen LogP contribution in [-0.2, 0) is 17.9 Å². The van der Waals surface area contributed by atoms with Gasteiger partial charge in [-0.2, -0.15) is 0 Å². The smallest absolute Gasteiger partial charge is 0.261 e. The van der Waals surface area contributed by atoms with Gasteiger partial charge in [0.25, 0.3) is 5.91 Å². The first kappa shape index (κ1) is 20.2. The first-order valence-electron chi connectivity index (χ1n) is 10.1. The van der Waals surface area contributed by atoms with Crippen molar-refractivity contribution in [3.8, 4) is 11.5 Å². The average molecular weight is 383 g/mol. The van der Waals surface area contributed by atoms with Gasteiger partial charge in [0, 0.05) is 13.1 Å². The van der Waals surface area contributed by atoms with E-state index >= 15 is 0 Å². The van der Waals surface area contributed by atoms with E-state index in [1.54, 1.807) is 7.11 Å². The van der Waals surface area contributed by atoms with Crippen LogP contribution in [0.1, 0.15) is 37.3 Å². The summed E-state index contributed by atoms with van der Waals surface area (Å²) in [4.78, 5) is 15.0. The van der Waals surface area contributed by atoms with E-state index < -0.39 is 6.10 Å². The van der Waals surface area contributed by atoms with Gasteiger partial charge in [-0.1, -0.05) is 31.2 Å². The predicted octanol–water partition coefficient (Wildman–Crippen LogP) is 3.76. The molecule has 1 amide bonds. The molecule has 1 saturated heterocycles. The van der Waals surface area contributed by atoms with Crippen molar-refractivity contribution >= 4 is 5.91 Å². The molecule has 5 nitrogen and oxygen atoms in total. The van der Waals surface area contributed by atoms with Gasteiger partial charge in [-0.15, -0.1) is 0 Å². The molecular formula is C23H30N2O3. The number of hydrogen-bond acceptors (Lipinski definition) is 4. The maximum atomic E-state index is 12.6. The van der Waals surface area contributed by atoms with E-state index in [4.69, 9.17) is 9.47 Å². The van der Waals surface area contributed by atoms with E-state index in [0.717, 1.165) is 17.9 Å². The van der Waals surface area contributed by atoms with Crippen LogP contribution in [0.25, 0.3) is 0 Å². The third-order valence-electron chi connectivity index (χ3n) is 5.06. The van der Waals surface area contributed by atoms with E-state index in [-0.39, 0.29) is 5.91 Å². The minimum atomic E-state index is -0.513. The molecule has 1 atom stereocenters. The van der Waals surface area contributed by atoms with Crippen molar-refractivity contribution in [2.45, 2.75) is 45.4 Å². The molecule has 2 aromatic rings. The highest BCUT2D eigenvalue weighted by Crippen LogP contribution is 2.19. The Morgan fingerprint density at radius 3 is 2.43 bits per heavy atom. The lowest BCUT2D eigenvalue weighted by atomic mass is 10.1. The van der Waals surface area contributed by atoms with Crippen molar-refractivity contribution in [1.82, 2.24) is 10.2 Å². The van der Waals surface area contributed by atoms with Gasteiger partial charge >= 0.3 is 0 Å².